The standard InChI is InChI=1S/C16H16Cl2N2O2/c1-9-4-5-13(6-10(9)2)22-11(3)16(21)20-15-14(18)7-12(17)8-19-15/h4-8,11H,1-3H3,(H,19,20,21). The Labute approximate surface area is 139 Å². The second-order valence-corrected chi connectivity index (χ2v) is 5.82. The lowest BCUT2D eigenvalue weighted by Gasteiger charge is -2.15. The van der Waals surface area contributed by atoms with E-state index in [1.54, 1.807) is 6.92 Å². The Morgan fingerprint density at radius 3 is 2.59 bits per heavy atom. The minimum Gasteiger partial charge on any atom is -0.481 e. The van der Waals surface area contributed by atoms with Gasteiger partial charge in [0.25, 0.3) is 5.91 Å². The molecular weight excluding hydrogens is 323 g/mol. The van der Waals surface area contributed by atoms with Crippen LogP contribution in [0.25, 0.3) is 0 Å². The van der Waals surface area contributed by atoms with Crippen molar-refractivity contribution in [2.24, 2.45) is 0 Å². The highest BCUT2D eigenvalue weighted by atomic mass is 35.5. The predicted octanol–water partition coefficient (Wildman–Crippen LogP) is 4.41. The van der Waals surface area contributed by atoms with Gasteiger partial charge in [0.1, 0.15) is 5.75 Å². The highest BCUT2D eigenvalue weighted by molar-refractivity contribution is 6.36. The van der Waals surface area contributed by atoms with E-state index in [9.17, 15) is 4.79 Å². The maximum absolute atomic E-state index is 12.1. The van der Waals surface area contributed by atoms with Crippen LogP contribution in [-0.4, -0.2) is 17.0 Å². The monoisotopic (exact) mass is 338 g/mol. The normalized spacial score (nSPS) is 11.9. The van der Waals surface area contributed by atoms with Crippen LogP contribution >= 0.6 is 23.2 Å². The number of anilines is 1. The van der Waals surface area contributed by atoms with Crippen molar-refractivity contribution < 1.29 is 9.53 Å². The van der Waals surface area contributed by atoms with Crippen molar-refractivity contribution in [3.05, 3.63) is 51.6 Å². The summed E-state index contributed by atoms with van der Waals surface area (Å²) in [6, 6.07) is 7.19. The minimum atomic E-state index is -0.685. The molecule has 4 nitrogen and oxygen atoms in total. The van der Waals surface area contributed by atoms with Gasteiger partial charge in [-0.2, -0.15) is 0 Å². The number of aromatic nitrogens is 1. The largest absolute Gasteiger partial charge is 0.481 e. The molecule has 0 radical (unpaired) electrons. The Kier molecular flexibility index (Phi) is 5.27. The van der Waals surface area contributed by atoms with Gasteiger partial charge in [-0.3, -0.25) is 4.79 Å². The van der Waals surface area contributed by atoms with E-state index < -0.39 is 6.10 Å². The summed E-state index contributed by atoms with van der Waals surface area (Å²) in [5, 5.41) is 3.30. The molecule has 6 heteroatoms. The molecule has 0 aliphatic heterocycles. The summed E-state index contributed by atoms with van der Waals surface area (Å²) in [5.74, 6) is 0.558. The third-order valence-electron chi connectivity index (χ3n) is 3.21. The van der Waals surface area contributed by atoms with Crippen molar-refractivity contribution in [2.45, 2.75) is 26.9 Å². The van der Waals surface area contributed by atoms with Crippen LogP contribution in [0.4, 0.5) is 5.82 Å². The third kappa shape index (κ3) is 4.12. The molecule has 2 aromatic rings. The summed E-state index contributed by atoms with van der Waals surface area (Å²) >= 11 is 11.7. The maximum Gasteiger partial charge on any atom is 0.266 e. The van der Waals surface area contributed by atoms with E-state index >= 15 is 0 Å². The molecule has 1 N–H and O–H groups in total. The zero-order valence-electron chi connectivity index (χ0n) is 12.5. The number of nitrogens with one attached hydrogen (secondary N) is 1. The van der Waals surface area contributed by atoms with Gasteiger partial charge in [0.05, 0.1) is 10.0 Å². The Hall–Kier alpha value is -1.78. The Balaban J connectivity index is 2.04. The highest BCUT2D eigenvalue weighted by Gasteiger charge is 2.17. The molecule has 0 aliphatic rings. The molecule has 1 amide bonds. The fourth-order valence-corrected chi connectivity index (χ4v) is 2.20. The Morgan fingerprint density at radius 2 is 1.95 bits per heavy atom. The van der Waals surface area contributed by atoms with Crippen LogP contribution in [0, 0.1) is 13.8 Å². The molecule has 22 heavy (non-hydrogen) atoms. The molecule has 1 heterocycles. The molecule has 0 bridgehead atoms. The molecule has 1 atom stereocenters. The number of amides is 1. The summed E-state index contributed by atoms with van der Waals surface area (Å²) in [7, 11) is 0. The first-order valence-corrected chi connectivity index (χ1v) is 7.48. The number of rotatable bonds is 4. The number of nitrogens with zero attached hydrogens (tertiary/aromatic N) is 1. The summed E-state index contributed by atoms with van der Waals surface area (Å²) in [5.41, 5.74) is 2.27. The number of carbonyl (C=O) groups is 1. The predicted molar refractivity (Wildman–Crippen MR) is 88.9 cm³/mol. The van der Waals surface area contributed by atoms with Crippen molar-refractivity contribution >= 4 is 34.9 Å². The average molecular weight is 339 g/mol. The van der Waals surface area contributed by atoms with Crippen LogP contribution in [-0.2, 0) is 4.79 Å². The first kappa shape index (κ1) is 16.6. The van der Waals surface area contributed by atoms with Crippen LogP contribution in [0.15, 0.2) is 30.5 Å². The lowest BCUT2D eigenvalue weighted by molar-refractivity contribution is -0.122. The lowest BCUT2D eigenvalue weighted by atomic mass is 10.1. The number of hydrogen-bond donors (Lipinski definition) is 1. The van der Waals surface area contributed by atoms with Gasteiger partial charge in [0.15, 0.2) is 11.9 Å². The van der Waals surface area contributed by atoms with E-state index in [1.807, 2.05) is 32.0 Å². The Bertz CT molecular complexity index is 705. The van der Waals surface area contributed by atoms with Crippen molar-refractivity contribution in [3.8, 4) is 5.75 Å². The molecule has 2 rings (SSSR count). The first-order chi connectivity index (χ1) is 10.4. The number of hydrogen-bond acceptors (Lipinski definition) is 3. The van der Waals surface area contributed by atoms with E-state index in [1.165, 1.54) is 17.8 Å². The van der Waals surface area contributed by atoms with Crippen molar-refractivity contribution in [1.29, 1.82) is 0 Å². The molecule has 116 valence electrons. The summed E-state index contributed by atoms with van der Waals surface area (Å²) < 4.78 is 5.64. The molecule has 1 aromatic heterocycles. The van der Waals surface area contributed by atoms with Crippen LogP contribution in [0.2, 0.25) is 10.0 Å². The van der Waals surface area contributed by atoms with Crippen LogP contribution in [0.1, 0.15) is 18.1 Å². The molecule has 0 fully saturated rings. The van der Waals surface area contributed by atoms with Crippen molar-refractivity contribution in [3.63, 3.8) is 0 Å². The van der Waals surface area contributed by atoms with E-state index in [-0.39, 0.29) is 16.7 Å². The van der Waals surface area contributed by atoms with E-state index in [0.717, 1.165) is 5.56 Å². The quantitative estimate of drug-likeness (QED) is 0.898. The summed E-state index contributed by atoms with van der Waals surface area (Å²) in [6.45, 7) is 5.67. The van der Waals surface area contributed by atoms with Crippen LogP contribution in [0.3, 0.4) is 0 Å². The van der Waals surface area contributed by atoms with Gasteiger partial charge in [-0.1, -0.05) is 29.3 Å². The van der Waals surface area contributed by atoms with Crippen LogP contribution in [0.5, 0.6) is 5.75 Å². The molecule has 1 unspecified atom stereocenters. The summed E-state index contributed by atoms with van der Waals surface area (Å²) in [6.07, 6.45) is 0.730. The Morgan fingerprint density at radius 1 is 1.23 bits per heavy atom. The van der Waals surface area contributed by atoms with Crippen molar-refractivity contribution in [1.82, 2.24) is 4.98 Å². The first-order valence-electron chi connectivity index (χ1n) is 6.72. The topological polar surface area (TPSA) is 51.2 Å². The maximum atomic E-state index is 12.1. The number of halogens is 2. The molecule has 0 aliphatic carbocycles. The molecule has 0 saturated heterocycles. The lowest BCUT2D eigenvalue weighted by Crippen LogP contribution is -2.30. The number of benzene rings is 1. The van der Waals surface area contributed by atoms with Gasteiger partial charge in [-0.25, -0.2) is 4.98 Å². The smallest absolute Gasteiger partial charge is 0.266 e. The van der Waals surface area contributed by atoms with Crippen molar-refractivity contribution in [2.75, 3.05) is 5.32 Å². The van der Waals surface area contributed by atoms with Gasteiger partial charge in [-0.05, 0) is 50.1 Å². The molecule has 0 saturated carbocycles. The SMILES string of the molecule is Cc1ccc(OC(C)C(=O)Nc2ncc(Cl)cc2Cl)cc1C. The van der Waals surface area contributed by atoms with E-state index in [4.69, 9.17) is 27.9 Å². The second-order valence-electron chi connectivity index (χ2n) is 4.98. The van der Waals surface area contributed by atoms with Crippen LogP contribution < -0.4 is 10.1 Å². The van der Waals surface area contributed by atoms with Gasteiger partial charge in [0.2, 0.25) is 0 Å². The zero-order chi connectivity index (χ0) is 16.3. The number of aryl methyl sites for hydroxylation is 2. The van der Waals surface area contributed by atoms with Gasteiger partial charge < -0.3 is 10.1 Å². The summed E-state index contributed by atoms with van der Waals surface area (Å²) in [4.78, 5) is 16.1. The zero-order valence-corrected chi connectivity index (χ0v) is 14.0. The molecule has 0 spiro atoms. The number of carbonyl (C=O) groups excluding carboxylic acids is 1. The van der Waals surface area contributed by atoms with Gasteiger partial charge in [-0.15, -0.1) is 0 Å². The molecular formula is C16H16Cl2N2O2. The average Bonchev–Trinajstić information content (AvgIpc) is 2.45. The van der Waals surface area contributed by atoms with E-state index in [2.05, 4.69) is 10.3 Å². The third-order valence-corrected chi connectivity index (χ3v) is 3.70. The number of pyridine rings is 1. The van der Waals surface area contributed by atoms with Gasteiger partial charge in [0, 0.05) is 6.20 Å². The van der Waals surface area contributed by atoms with Gasteiger partial charge >= 0.3 is 0 Å². The minimum absolute atomic E-state index is 0.256. The fourth-order valence-electron chi connectivity index (χ4n) is 1.77. The van der Waals surface area contributed by atoms with E-state index in [0.29, 0.717) is 10.8 Å². The number of ether oxygens (including phenoxy) is 1. The second kappa shape index (κ2) is 6.99. The fraction of sp³-hybridized carbons (Fsp3) is 0.250. The molecule has 1 aromatic carbocycles. The highest BCUT2D eigenvalue weighted by Crippen LogP contribution is 2.23.